The lowest BCUT2D eigenvalue weighted by molar-refractivity contribution is 0.461. The molecule has 128 valence electrons. The average Bonchev–Trinajstić information content (AvgIpc) is 2.47. The smallest absolute Gasteiger partial charge is 0.294 e. The Morgan fingerprint density at radius 3 is 2.27 bits per heavy atom. The van der Waals surface area contributed by atoms with Crippen molar-refractivity contribution >= 4 is 10.1 Å². The van der Waals surface area contributed by atoms with E-state index in [9.17, 15) is 8.42 Å². The van der Waals surface area contributed by atoms with E-state index in [0.29, 0.717) is 12.0 Å². The Labute approximate surface area is 135 Å². The van der Waals surface area contributed by atoms with Crippen LogP contribution in [0.3, 0.4) is 0 Å². The molecule has 0 aromatic heterocycles. The minimum Gasteiger partial charge on any atom is -0.330 e. The summed E-state index contributed by atoms with van der Waals surface area (Å²) >= 11 is 0. The van der Waals surface area contributed by atoms with E-state index in [1.165, 1.54) is 31.7 Å². The van der Waals surface area contributed by atoms with Crippen molar-refractivity contribution in [3.63, 3.8) is 0 Å². The van der Waals surface area contributed by atoms with Crippen LogP contribution < -0.4 is 5.73 Å². The van der Waals surface area contributed by atoms with Gasteiger partial charge in [-0.25, -0.2) is 0 Å². The van der Waals surface area contributed by atoms with Crippen LogP contribution in [0.15, 0.2) is 23.1 Å². The first kappa shape index (κ1) is 21.1. The van der Waals surface area contributed by atoms with Crippen LogP contribution in [0.1, 0.15) is 57.6 Å². The van der Waals surface area contributed by atoms with Crippen molar-refractivity contribution in [2.45, 2.75) is 64.7 Å². The van der Waals surface area contributed by atoms with Crippen molar-refractivity contribution in [2.24, 2.45) is 11.7 Å². The molecule has 3 N–H and O–H groups in total. The van der Waals surface area contributed by atoms with Crippen molar-refractivity contribution in [1.82, 2.24) is 0 Å². The average molecular weight is 330 g/mol. The number of hydrogen-bond acceptors (Lipinski definition) is 3. The van der Waals surface area contributed by atoms with Crippen LogP contribution in [0.5, 0.6) is 0 Å². The summed E-state index contributed by atoms with van der Waals surface area (Å²) in [5.74, 6) is 0.782. The Hall–Kier alpha value is -0.910. The molecular formula is C17H31NO3S. The predicted octanol–water partition coefficient (Wildman–Crippen LogP) is 3.97. The van der Waals surface area contributed by atoms with E-state index in [-0.39, 0.29) is 4.90 Å². The first-order valence-electron chi connectivity index (χ1n) is 8.07. The summed E-state index contributed by atoms with van der Waals surface area (Å²) in [7, 11) is -4.06. The van der Waals surface area contributed by atoms with Crippen molar-refractivity contribution in [3.8, 4) is 0 Å². The van der Waals surface area contributed by atoms with Gasteiger partial charge in [0, 0.05) is 0 Å². The standard InChI is InChI=1S/C9H12O3S.C8H19N/c1-3-8-6-7(2)4-5-9(8)13(10,11)12;1-3-5-6-8(4-2)7-9/h4-6H,3H2,1-2H3,(H,10,11,12);8H,3-7,9H2,1-2H3. The quantitative estimate of drug-likeness (QED) is 0.742. The van der Waals surface area contributed by atoms with Gasteiger partial charge < -0.3 is 5.73 Å². The fourth-order valence-corrected chi connectivity index (χ4v) is 2.99. The third-order valence-electron chi connectivity index (χ3n) is 3.75. The molecule has 0 radical (unpaired) electrons. The summed E-state index contributed by atoms with van der Waals surface area (Å²) < 4.78 is 30.6. The van der Waals surface area contributed by atoms with E-state index >= 15 is 0 Å². The van der Waals surface area contributed by atoms with Crippen molar-refractivity contribution in [3.05, 3.63) is 29.3 Å². The van der Waals surface area contributed by atoms with Crippen LogP contribution in [0, 0.1) is 12.8 Å². The number of aryl methyl sites for hydroxylation is 2. The van der Waals surface area contributed by atoms with Crippen LogP contribution in [0.4, 0.5) is 0 Å². The van der Waals surface area contributed by atoms with Crippen molar-refractivity contribution in [1.29, 1.82) is 0 Å². The van der Waals surface area contributed by atoms with E-state index in [1.54, 1.807) is 12.1 Å². The van der Waals surface area contributed by atoms with Gasteiger partial charge in [0.2, 0.25) is 0 Å². The molecule has 1 aromatic carbocycles. The fourth-order valence-electron chi connectivity index (χ4n) is 2.22. The Morgan fingerprint density at radius 2 is 1.86 bits per heavy atom. The molecule has 1 aromatic rings. The Morgan fingerprint density at radius 1 is 1.23 bits per heavy atom. The maximum atomic E-state index is 10.9. The number of hydrogen-bond donors (Lipinski definition) is 2. The highest BCUT2D eigenvalue weighted by Gasteiger charge is 2.13. The minimum atomic E-state index is -4.06. The number of unbranched alkanes of at least 4 members (excludes halogenated alkanes) is 1. The lowest BCUT2D eigenvalue weighted by atomic mass is 10.00. The molecule has 5 heteroatoms. The SMILES string of the molecule is CCCCC(CC)CN.CCc1cc(C)ccc1S(=O)(=O)O. The number of rotatable bonds is 7. The first-order valence-corrected chi connectivity index (χ1v) is 9.51. The van der Waals surface area contributed by atoms with Gasteiger partial charge in [-0.05, 0) is 43.9 Å². The molecule has 0 aliphatic heterocycles. The zero-order valence-electron chi connectivity index (χ0n) is 14.3. The maximum absolute atomic E-state index is 10.9. The molecule has 0 bridgehead atoms. The molecule has 22 heavy (non-hydrogen) atoms. The molecule has 0 fully saturated rings. The second kappa shape index (κ2) is 10.8. The number of nitrogens with two attached hydrogens (primary N) is 1. The highest BCUT2D eigenvalue weighted by molar-refractivity contribution is 7.85. The molecule has 0 saturated carbocycles. The lowest BCUT2D eigenvalue weighted by Crippen LogP contribution is -2.12. The molecular weight excluding hydrogens is 298 g/mol. The topological polar surface area (TPSA) is 80.4 Å². The molecule has 1 unspecified atom stereocenters. The van der Waals surface area contributed by atoms with Gasteiger partial charge in [-0.1, -0.05) is 57.7 Å². The van der Waals surface area contributed by atoms with E-state index < -0.39 is 10.1 Å². The van der Waals surface area contributed by atoms with E-state index in [2.05, 4.69) is 13.8 Å². The number of benzene rings is 1. The third-order valence-corrected chi connectivity index (χ3v) is 4.71. The highest BCUT2D eigenvalue weighted by Crippen LogP contribution is 2.17. The van der Waals surface area contributed by atoms with E-state index in [0.717, 1.165) is 18.0 Å². The zero-order valence-corrected chi connectivity index (χ0v) is 15.1. The van der Waals surface area contributed by atoms with Gasteiger partial charge in [0.1, 0.15) is 0 Å². The van der Waals surface area contributed by atoms with Crippen LogP contribution in [-0.2, 0) is 16.5 Å². The summed E-state index contributed by atoms with van der Waals surface area (Å²) in [5, 5.41) is 0. The Bertz CT molecular complexity index is 523. The van der Waals surface area contributed by atoms with Crippen molar-refractivity contribution < 1.29 is 13.0 Å². The summed E-state index contributed by atoms with van der Waals surface area (Å²) in [4.78, 5) is 0.0144. The van der Waals surface area contributed by atoms with Crippen LogP contribution in [-0.4, -0.2) is 19.5 Å². The lowest BCUT2D eigenvalue weighted by Gasteiger charge is -2.09. The van der Waals surface area contributed by atoms with Crippen LogP contribution in [0.2, 0.25) is 0 Å². The van der Waals surface area contributed by atoms with E-state index in [1.807, 2.05) is 13.8 Å². The van der Waals surface area contributed by atoms with Gasteiger partial charge in [0.15, 0.2) is 0 Å². The molecule has 0 aliphatic carbocycles. The summed E-state index contributed by atoms with van der Waals surface area (Å²) in [6.45, 7) is 9.04. The normalized spacial score (nSPS) is 12.5. The molecule has 0 heterocycles. The molecule has 4 nitrogen and oxygen atoms in total. The fraction of sp³-hybridized carbons (Fsp3) is 0.647. The molecule has 0 aliphatic rings. The third kappa shape index (κ3) is 7.92. The van der Waals surface area contributed by atoms with Gasteiger partial charge in [-0.15, -0.1) is 0 Å². The summed E-state index contributed by atoms with van der Waals surface area (Å²) in [6.07, 6.45) is 5.81. The second-order valence-corrected chi connectivity index (χ2v) is 6.98. The zero-order chi connectivity index (χ0) is 17.2. The van der Waals surface area contributed by atoms with Crippen molar-refractivity contribution in [2.75, 3.05) is 6.54 Å². The minimum absolute atomic E-state index is 0.0144. The molecule has 0 saturated heterocycles. The molecule has 0 amide bonds. The monoisotopic (exact) mass is 329 g/mol. The van der Waals surface area contributed by atoms with Crippen LogP contribution >= 0.6 is 0 Å². The predicted molar refractivity (Wildman–Crippen MR) is 92.7 cm³/mol. The summed E-state index contributed by atoms with van der Waals surface area (Å²) in [5.41, 5.74) is 7.17. The molecule has 0 spiro atoms. The van der Waals surface area contributed by atoms with E-state index in [4.69, 9.17) is 10.3 Å². The van der Waals surface area contributed by atoms with Gasteiger partial charge in [-0.3, -0.25) is 4.55 Å². The largest absolute Gasteiger partial charge is 0.330 e. The molecule has 1 atom stereocenters. The Balaban J connectivity index is 0.000000433. The molecule has 1 rings (SSSR count). The summed E-state index contributed by atoms with van der Waals surface area (Å²) in [6, 6.07) is 4.87. The van der Waals surface area contributed by atoms with Gasteiger partial charge in [0.25, 0.3) is 10.1 Å². The second-order valence-electron chi connectivity index (χ2n) is 5.59. The maximum Gasteiger partial charge on any atom is 0.294 e. The van der Waals surface area contributed by atoms with Crippen LogP contribution in [0.25, 0.3) is 0 Å². The highest BCUT2D eigenvalue weighted by atomic mass is 32.2. The van der Waals surface area contributed by atoms with Gasteiger partial charge >= 0.3 is 0 Å². The van der Waals surface area contributed by atoms with Gasteiger partial charge in [0.05, 0.1) is 4.90 Å². The van der Waals surface area contributed by atoms with Gasteiger partial charge in [-0.2, -0.15) is 8.42 Å². The Kier molecular flexibility index (Phi) is 10.3. The first-order chi connectivity index (χ1) is 10.3.